The lowest BCUT2D eigenvalue weighted by atomic mass is 10.2. The van der Waals surface area contributed by atoms with Gasteiger partial charge in [-0.3, -0.25) is 14.3 Å². The largest absolute Gasteiger partial charge is 0.484 e. The molecule has 0 atom stereocenters. The van der Waals surface area contributed by atoms with Crippen LogP contribution >= 0.6 is 0 Å². The number of likely N-dealkylation sites (N-methyl/N-ethyl adjacent to an activating group) is 1. The summed E-state index contributed by atoms with van der Waals surface area (Å²) in [5, 5.41) is 7.50. The summed E-state index contributed by atoms with van der Waals surface area (Å²) >= 11 is 0. The zero-order valence-corrected chi connectivity index (χ0v) is 15.2. The zero-order chi connectivity index (χ0) is 19.7. The number of anilines is 1. The van der Waals surface area contributed by atoms with Crippen LogP contribution in [0.25, 0.3) is 28.2 Å². The second-order valence-corrected chi connectivity index (χ2v) is 6.20. The summed E-state index contributed by atoms with van der Waals surface area (Å²) in [7, 11) is 3.36. The van der Waals surface area contributed by atoms with Gasteiger partial charge in [-0.2, -0.15) is 0 Å². The van der Waals surface area contributed by atoms with Gasteiger partial charge in [0.25, 0.3) is 5.91 Å². The topological polar surface area (TPSA) is 125 Å². The van der Waals surface area contributed by atoms with Gasteiger partial charge in [0.1, 0.15) is 11.3 Å². The summed E-state index contributed by atoms with van der Waals surface area (Å²) in [5.41, 5.74) is 8.51. The van der Waals surface area contributed by atoms with Crippen molar-refractivity contribution < 1.29 is 14.2 Å². The maximum Gasteiger partial charge on any atom is 0.259 e. The van der Waals surface area contributed by atoms with Gasteiger partial charge in [-0.05, 0) is 40.6 Å². The van der Waals surface area contributed by atoms with Crippen molar-refractivity contribution in [2.24, 2.45) is 0 Å². The number of benzene rings is 1. The van der Waals surface area contributed by atoms with E-state index in [4.69, 9.17) is 15.1 Å². The Bertz CT molecular complexity index is 1130. The number of nitrogens with zero attached hydrogens (tertiary/aromatic N) is 6. The van der Waals surface area contributed by atoms with Crippen LogP contribution in [0.5, 0.6) is 5.75 Å². The molecular weight excluding hydrogens is 362 g/mol. The monoisotopic (exact) mass is 379 g/mol. The van der Waals surface area contributed by atoms with E-state index in [9.17, 15) is 4.79 Å². The fraction of sp³-hybridized carbons (Fsp3) is 0.167. The van der Waals surface area contributed by atoms with Gasteiger partial charge in [-0.1, -0.05) is 0 Å². The Labute approximate surface area is 159 Å². The summed E-state index contributed by atoms with van der Waals surface area (Å²) in [6.07, 6.45) is 3.34. The molecule has 0 aliphatic rings. The van der Waals surface area contributed by atoms with Gasteiger partial charge < -0.3 is 15.4 Å². The molecule has 0 saturated carbocycles. The number of hydrogen-bond acceptors (Lipinski definition) is 8. The van der Waals surface area contributed by atoms with Crippen molar-refractivity contribution in [2.75, 3.05) is 26.4 Å². The molecule has 142 valence electrons. The van der Waals surface area contributed by atoms with Crippen LogP contribution in [0.3, 0.4) is 0 Å². The van der Waals surface area contributed by atoms with Crippen molar-refractivity contribution in [3.05, 3.63) is 42.7 Å². The Kier molecular flexibility index (Phi) is 4.36. The predicted octanol–water partition coefficient (Wildman–Crippen LogP) is 1.52. The summed E-state index contributed by atoms with van der Waals surface area (Å²) < 4.78 is 12.1. The second kappa shape index (κ2) is 6.99. The molecule has 10 nitrogen and oxygen atoms in total. The van der Waals surface area contributed by atoms with E-state index in [1.54, 1.807) is 38.6 Å². The van der Waals surface area contributed by atoms with E-state index in [1.807, 2.05) is 22.8 Å². The van der Waals surface area contributed by atoms with Gasteiger partial charge >= 0.3 is 0 Å². The van der Waals surface area contributed by atoms with E-state index >= 15 is 0 Å². The molecule has 0 aliphatic heterocycles. The lowest BCUT2D eigenvalue weighted by molar-refractivity contribution is -0.130. The minimum Gasteiger partial charge on any atom is -0.484 e. The number of carbonyl (C=O) groups excluding carboxylic acids is 1. The number of amides is 1. The Hall–Kier alpha value is -3.95. The molecule has 0 radical (unpaired) electrons. The molecular formula is C18H17N7O3. The molecule has 2 N–H and O–H groups in total. The predicted molar refractivity (Wildman–Crippen MR) is 101 cm³/mol. The quantitative estimate of drug-likeness (QED) is 0.553. The van der Waals surface area contributed by atoms with Gasteiger partial charge in [-0.15, -0.1) is 0 Å². The highest BCUT2D eigenvalue weighted by molar-refractivity contribution is 5.83. The van der Waals surface area contributed by atoms with Crippen molar-refractivity contribution in [3.63, 3.8) is 0 Å². The minimum absolute atomic E-state index is 0.0294. The van der Waals surface area contributed by atoms with E-state index in [0.29, 0.717) is 22.8 Å². The van der Waals surface area contributed by atoms with Gasteiger partial charge in [0.2, 0.25) is 0 Å². The molecule has 0 aliphatic carbocycles. The van der Waals surface area contributed by atoms with E-state index in [0.717, 1.165) is 11.2 Å². The van der Waals surface area contributed by atoms with Crippen molar-refractivity contribution in [1.82, 2.24) is 29.7 Å². The minimum atomic E-state index is -0.117. The SMILES string of the molecule is CN(C)C(=O)COc1ccc(-n2c(-c3nonc3N)nc3cnccc32)cc1. The van der Waals surface area contributed by atoms with Crippen molar-refractivity contribution in [1.29, 1.82) is 0 Å². The van der Waals surface area contributed by atoms with Crippen molar-refractivity contribution in [3.8, 4) is 23.0 Å². The van der Waals surface area contributed by atoms with E-state index in [2.05, 4.69) is 20.3 Å². The first-order valence-corrected chi connectivity index (χ1v) is 8.39. The van der Waals surface area contributed by atoms with Crippen LogP contribution in [0.1, 0.15) is 0 Å². The second-order valence-electron chi connectivity index (χ2n) is 6.20. The van der Waals surface area contributed by atoms with Crippen molar-refractivity contribution >= 4 is 22.8 Å². The highest BCUT2D eigenvalue weighted by Crippen LogP contribution is 2.30. The highest BCUT2D eigenvalue weighted by atomic mass is 16.6. The maximum absolute atomic E-state index is 11.7. The molecule has 0 bridgehead atoms. The van der Waals surface area contributed by atoms with Gasteiger partial charge in [0, 0.05) is 26.0 Å². The first-order valence-electron chi connectivity index (χ1n) is 8.39. The Morgan fingerprint density at radius 1 is 1.21 bits per heavy atom. The molecule has 28 heavy (non-hydrogen) atoms. The van der Waals surface area contributed by atoms with E-state index in [-0.39, 0.29) is 18.3 Å². The number of hydrogen-bond donors (Lipinski definition) is 1. The third-order valence-corrected chi connectivity index (χ3v) is 4.14. The molecule has 10 heteroatoms. The number of fused-ring (bicyclic) bond motifs is 1. The fourth-order valence-corrected chi connectivity index (χ4v) is 2.67. The molecule has 1 amide bonds. The number of rotatable bonds is 5. The molecule has 4 rings (SSSR count). The number of pyridine rings is 1. The highest BCUT2D eigenvalue weighted by Gasteiger charge is 2.20. The van der Waals surface area contributed by atoms with Gasteiger partial charge in [0.05, 0.1) is 11.7 Å². The maximum atomic E-state index is 11.7. The standard InChI is InChI=1S/C18H17N7O3/c1-24(2)15(26)10-27-12-5-3-11(4-6-12)25-14-7-8-20-9-13(14)21-18(25)16-17(19)23-28-22-16/h3-9H,10H2,1-2H3,(H2,19,23). The lowest BCUT2D eigenvalue weighted by Gasteiger charge is -2.12. The average molecular weight is 379 g/mol. The van der Waals surface area contributed by atoms with Crippen molar-refractivity contribution in [2.45, 2.75) is 0 Å². The third-order valence-electron chi connectivity index (χ3n) is 4.14. The van der Waals surface area contributed by atoms with Gasteiger partial charge in [0.15, 0.2) is 23.9 Å². The smallest absolute Gasteiger partial charge is 0.259 e. The number of nitrogens with two attached hydrogens (primary N) is 1. The number of carbonyl (C=O) groups is 1. The lowest BCUT2D eigenvalue weighted by Crippen LogP contribution is -2.27. The van der Waals surface area contributed by atoms with Crippen LogP contribution < -0.4 is 10.5 Å². The Balaban J connectivity index is 1.73. The average Bonchev–Trinajstić information content (AvgIpc) is 3.29. The van der Waals surface area contributed by atoms with Crippen LogP contribution in [0.4, 0.5) is 5.82 Å². The van der Waals surface area contributed by atoms with Crippen LogP contribution in [0.15, 0.2) is 47.4 Å². The normalized spacial score (nSPS) is 10.9. The third kappa shape index (κ3) is 3.11. The molecule has 3 aromatic heterocycles. The van der Waals surface area contributed by atoms with Gasteiger partial charge in [-0.25, -0.2) is 9.61 Å². The first-order chi connectivity index (χ1) is 13.5. The van der Waals surface area contributed by atoms with Crippen LogP contribution in [0.2, 0.25) is 0 Å². The molecule has 4 aromatic rings. The summed E-state index contributed by atoms with van der Waals surface area (Å²) in [6.45, 7) is -0.0294. The molecule has 0 spiro atoms. The molecule has 3 heterocycles. The van der Waals surface area contributed by atoms with E-state index in [1.165, 1.54) is 4.90 Å². The fourth-order valence-electron chi connectivity index (χ4n) is 2.67. The van der Waals surface area contributed by atoms with E-state index < -0.39 is 0 Å². The van der Waals surface area contributed by atoms with Crippen LogP contribution in [-0.2, 0) is 4.79 Å². The van der Waals surface area contributed by atoms with Crippen LogP contribution in [-0.4, -0.2) is 56.4 Å². The number of aromatic nitrogens is 5. The number of nitrogen functional groups attached to an aromatic ring is 1. The summed E-state index contributed by atoms with van der Waals surface area (Å²) in [4.78, 5) is 21.8. The Morgan fingerprint density at radius 3 is 2.68 bits per heavy atom. The molecule has 0 fully saturated rings. The summed E-state index contributed by atoms with van der Waals surface area (Å²) in [6, 6.07) is 9.10. The number of imidazole rings is 1. The zero-order valence-electron chi connectivity index (χ0n) is 15.2. The molecule has 1 aromatic carbocycles. The first kappa shape index (κ1) is 17.5. The molecule has 0 unspecified atom stereocenters. The number of ether oxygens (including phenoxy) is 1. The van der Waals surface area contributed by atoms with Crippen LogP contribution in [0, 0.1) is 0 Å². The summed E-state index contributed by atoms with van der Waals surface area (Å²) in [5.74, 6) is 1.09. The molecule has 0 saturated heterocycles. The Morgan fingerprint density at radius 2 is 2.00 bits per heavy atom.